The summed E-state index contributed by atoms with van der Waals surface area (Å²) >= 11 is 1.83. The van der Waals surface area contributed by atoms with Crippen LogP contribution in [0.1, 0.15) is 19.8 Å². The van der Waals surface area contributed by atoms with Gasteiger partial charge in [-0.05, 0) is 12.2 Å². The standard InChI is InChI=1S/C6H14OS/c1-2-3-5-8-6-4-7/h7H,2-6H2,1H3. The Morgan fingerprint density at radius 3 is 2.62 bits per heavy atom. The van der Waals surface area contributed by atoms with E-state index < -0.39 is 0 Å². The summed E-state index contributed by atoms with van der Waals surface area (Å²) in [7, 11) is 0. The molecule has 0 saturated carbocycles. The number of rotatable bonds is 5. The van der Waals surface area contributed by atoms with Crippen LogP contribution in [0.3, 0.4) is 0 Å². The Balaban J connectivity index is 2.53. The summed E-state index contributed by atoms with van der Waals surface area (Å²) in [6, 6.07) is 0. The molecular weight excluding hydrogens is 120 g/mol. The highest BCUT2D eigenvalue weighted by Gasteiger charge is 1.83. The summed E-state index contributed by atoms with van der Waals surface area (Å²) in [4.78, 5) is 0. The number of thioether (sulfide) groups is 1. The molecule has 0 amide bonds. The predicted octanol–water partition coefficient (Wildman–Crippen LogP) is 1.51. The van der Waals surface area contributed by atoms with E-state index in [1.54, 1.807) is 0 Å². The SMILES string of the molecule is CCCCSCCO. The van der Waals surface area contributed by atoms with E-state index in [-0.39, 0.29) is 0 Å². The van der Waals surface area contributed by atoms with Crippen LogP contribution in [0.5, 0.6) is 0 Å². The number of aliphatic hydroxyl groups is 1. The lowest BCUT2D eigenvalue weighted by Crippen LogP contribution is -1.87. The van der Waals surface area contributed by atoms with Gasteiger partial charge in [-0.1, -0.05) is 13.3 Å². The Kier molecular flexibility index (Phi) is 7.59. The van der Waals surface area contributed by atoms with Crippen LogP contribution in [0, 0.1) is 0 Å². The van der Waals surface area contributed by atoms with Crippen LogP contribution in [0.2, 0.25) is 0 Å². The van der Waals surface area contributed by atoms with Crippen molar-refractivity contribution in [3.63, 3.8) is 0 Å². The molecule has 0 radical (unpaired) electrons. The zero-order chi connectivity index (χ0) is 6.24. The van der Waals surface area contributed by atoms with Crippen molar-refractivity contribution < 1.29 is 5.11 Å². The van der Waals surface area contributed by atoms with Gasteiger partial charge >= 0.3 is 0 Å². The van der Waals surface area contributed by atoms with Gasteiger partial charge in [0, 0.05) is 5.75 Å². The Bertz CT molecular complexity index is 33.5. The molecule has 50 valence electrons. The van der Waals surface area contributed by atoms with Crippen LogP contribution in [0.4, 0.5) is 0 Å². The largest absolute Gasteiger partial charge is 0.396 e. The molecule has 0 unspecified atom stereocenters. The summed E-state index contributed by atoms with van der Waals surface area (Å²) < 4.78 is 0. The second-order valence-corrected chi connectivity index (χ2v) is 2.91. The number of hydrogen-bond donors (Lipinski definition) is 1. The molecule has 0 aliphatic heterocycles. The molecule has 0 aromatic rings. The first-order valence-corrected chi connectivity index (χ1v) is 4.26. The van der Waals surface area contributed by atoms with Crippen LogP contribution in [0.25, 0.3) is 0 Å². The molecule has 0 rings (SSSR count). The highest BCUT2D eigenvalue weighted by atomic mass is 32.2. The predicted molar refractivity (Wildman–Crippen MR) is 39.3 cm³/mol. The molecule has 0 aliphatic carbocycles. The maximum Gasteiger partial charge on any atom is 0.0521 e. The van der Waals surface area contributed by atoms with Gasteiger partial charge < -0.3 is 5.11 Å². The number of aliphatic hydroxyl groups excluding tert-OH is 1. The fourth-order valence-electron chi connectivity index (χ4n) is 0.413. The van der Waals surface area contributed by atoms with Crippen molar-refractivity contribution in [1.82, 2.24) is 0 Å². The van der Waals surface area contributed by atoms with Crippen LogP contribution < -0.4 is 0 Å². The first-order valence-electron chi connectivity index (χ1n) is 3.10. The van der Waals surface area contributed by atoms with Gasteiger partial charge in [0.25, 0.3) is 0 Å². The quantitative estimate of drug-likeness (QED) is 0.575. The first-order chi connectivity index (χ1) is 3.91. The Morgan fingerprint density at radius 1 is 1.38 bits per heavy atom. The molecule has 0 atom stereocenters. The van der Waals surface area contributed by atoms with Gasteiger partial charge in [0.15, 0.2) is 0 Å². The third-order valence-corrected chi connectivity index (χ3v) is 1.93. The summed E-state index contributed by atoms with van der Waals surface area (Å²) in [5, 5.41) is 8.34. The Hall–Kier alpha value is 0.310. The van der Waals surface area contributed by atoms with E-state index in [2.05, 4.69) is 6.92 Å². The smallest absolute Gasteiger partial charge is 0.0521 e. The highest BCUT2D eigenvalue weighted by molar-refractivity contribution is 7.99. The van der Waals surface area contributed by atoms with Crippen molar-refractivity contribution in [2.75, 3.05) is 18.1 Å². The molecule has 1 nitrogen and oxygen atoms in total. The average Bonchev–Trinajstić information content (AvgIpc) is 1.81. The van der Waals surface area contributed by atoms with Crippen molar-refractivity contribution in [2.45, 2.75) is 19.8 Å². The van der Waals surface area contributed by atoms with E-state index in [4.69, 9.17) is 5.11 Å². The molecular formula is C6H14OS. The summed E-state index contributed by atoms with van der Waals surface area (Å²) in [6.45, 7) is 2.51. The van der Waals surface area contributed by atoms with E-state index in [0.717, 1.165) is 5.75 Å². The molecule has 0 bridgehead atoms. The third-order valence-electron chi connectivity index (χ3n) is 0.878. The van der Waals surface area contributed by atoms with Crippen molar-refractivity contribution in [3.05, 3.63) is 0 Å². The van der Waals surface area contributed by atoms with E-state index in [1.165, 1.54) is 18.6 Å². The van der Waals surface area contributed by atoms with Crippen LogP contribution >= 0.6 is 11.8 Å². The molecule has 0 aromatic carbocycles. The van der Waals surface area contributed by atoms with E-state index >= 15 is 0 Å². The van der Waals surface area contributed by atoms with Crippen LogP contribution in [0.15, 0.2) is 0 Å². The van der Waals surface area contributed by atoms with Gasteiger partial charge in [-0.15, -0.1) is 0 Å². The zero-order valence-corrected chi connectivity index (χ0v) is 6.21. The highest BCUT2D eigenvalue weighted by Crippen LogP contribution is 2.01. The number of unbranched alkanes of at least 4 members (excludes halogenated alkanes) is 1. The molecule has 0 fully saturated rings. The van der Waals surface area contributed by atoms with Crippen LogP contribution in [-0.2, 0) is 0 Å². The monoisotopic (exact) mass is 134 g/mol. The van der Waals surface area contributed by atoms with Gasteiger partial charge in [0.1, 0.15) is 0 Å². The zero-order valence-electron chi connectivity index (χ0n) is 5.39. The molecule has 0 aromatic heterocycles. The molecule has 0 heterocycles. The molecule has 2 heteroatoms. The molecule has 8 heavy (non-hydrogen) atoms. The summed E-state index contributed by atoms with van der Waals surface area (Å²) in [5.74, 6) is 2.11. The lowest BCUT2D eigenvalue weighted by Gasteiger charge is -1.93. The lowest BCUT2D eigenvalue weighted by molar-refractivity contribution is 0.322. The van der Waals surface area contributed by atoms with E-state index in [9.17, 15) is 0 Å². The average molecular weight is 134 g/mol. The topological polar surface area (TPSA) is 20.2 Å². The normalized spacial score (nSPS) is 9.75. The molecule has 0 spiro atoms. The van der Waals surface area contributed by atoms with Gasteiger partial charge in [-0.3, -0.25) is 0 Å². The minimum Gasteiger partial charge on any atom is -0.396 e. The van der Waals surface area contributed by atoms with E-state index in [0.29, 0.717) is 6.61 Å². The second-order valence-electron chi connectivity index (χ2n) is 1.69. The third kappa shape index (κ3) is 6.31. The molecule has 1 N–H and O–H groups in total. The molecule has 0 saturated heterocycles. The van der Waals surface area contributed by atoms with Crippen molar-refractivity contribution >= 4 is 11.8 Å². The van der Waals surface area contributed by atoms with Crippen LogP contribution in [-0.4, -0.2) is 23.2 Å². The molecule has 0 aliphatic rings. The second kappa shape index (κ2) is 7.31. The van der Waals surface area contributed by atoms with Crippen molar-refractivity contribution in [3.8, 4) is 0 Å². The van der Waals surface area contributed by atoms with Gasteiger partial charge in [0.05, 0.1) is 6.61 Å². The van der Waals surface area contributed by atoms with Gasteiger partial charge in [-0.2, -0.15) is 11.8 Å². The van der Waals surface area contributed by atoms with Gasteiger partial charge in [-0.25, -0.2) is 0 Å². The van der Waals surface area contributed by atoms with Gasteiger partial charge in [0.2, 0.25) is 0 Å². The minimum absolute atomic E-state index is 0.328. The fourth-order valence-corrected chi connectivity index (χ4v) is 1.24. The Morgan fingerprint density at radius 2 is 2.12 bits per heavy atom. The fraction of sp³-hybridized carbons (Fsp3) is 1.00. The summed E-state index contributed by atoms with van der Waals surface area (Å²) in [6.07, 6.45) is 2.54. The Labute approximate surface area is 55.5 Å². The van der Waals surface area contributed by atoms with Crippen molar-refractivity contribution in [1.29, 1.82) is 0 Å². The summed E-state index contributed by atoms with van der Waals surface area (Å²) in [5.41, 5.74) is 0. The minimum atomic E-state index is 0.328. The maximum absolute atomic E-state index is 8.34. The maximum atomic E-state index is 8.34. The lowest BCUT2D eigenvalue weighted by atomic mass is 10.4. The first kappa shape index (κ1) is 8.31. The van der Waals surface area contributed by atoms with E-state index in [1.807, 2.05) is 11.8 Å². The van der Waals surface area contributed by atoms with Crippen molar-refractivity contribution in [2.24, 2.45) is 0 Å². The number of hydrogen-bond acceptors (Lipinski definition) is 2.